The first-order valence-electron chi connectivity index (χ1n) is 5.75. The Bertz CT molecular complexity index is 547. The fourth-order valence-corrected chi connectivity index (χ4v) is 2.31. The van der Waals surface area contributed by atoms with E-state index >= 15 is 0 Å². The summed E-state index contributed by atoms with van der Waals surface area (Å²) in [6.45, 7) is 2.33. The Balaban J connectivity index is 1.87. The fraction of sp³-hybridized carbons (Fsp3) is 0.231. The third-order valence-corrected chi connectivity index (χ3v) is 3.25. The molecule has 1 aliphatic rings. The van der Waals surface area contributed by atoms with Gasteiger partial charge in [-0.3, -0.25) is 4.98 Å². The predicted molar refractivity (Wildman–Crippen MR) is 72.7 cm³/mol. The van der Waals surface area contributed by atoms with Crippen molar-refractivity contribution in [1.29, 1.82) is 0 Å². The molecule has 2 aromatic rings. The molecule has 4 nitrogen and oxygen atoms in total. The molecule has 0 bridgehead atoms. The van der Waals surface area contributed by atoms with Crippen LogP contribution in [-0.2, 0) is 6.54 Å². The average molecular weight is 306 g/mol. The Morgan fingerprint density at radius 1 is 1.39 bits per heavy atom. The molecule has 0 N–H and O–H groups in total. The van der Waals surface area contributed by atoms with Gasteiger partial charge in [0, 0.05) is 29.6 Å². The number of hydrogen-bond donors (Lipinski definition) is 0. The smallest absolute Gasteiger partial charge is 0.171 e. The third kappa shape index (κ3) is 2.31. The monoisotopic (exact) mass is 305 g/mol. The molecule has 92 valence electrons. The van der Waals surface area contributed by atoms with E-state index in [2.05, 4.69) is 36.9 Å². The number of aromatic nitrogens is 2. The summed E-state index contributed by atoms with van der Waals surface area (Å²) in [5, 5.41) is 0. The summed E-state index contributed by atoms with van der Waals surface area (Å²) in [5.41, 5.74) is 1.18. The van der Waals surface area contributed by atoms with Gasteiger partial charge in [-0.15, -0.1) is 0 Å². The summed E-state index contributed by atoms with van der Waals surface area (Å²) >= 11 is 3.41. The number of fused-ring (bicyclic) bond motifs is 1. The van der Waals surface area contributed by atoms with Crippen molar-refractivity contribution in [3.8, 4) is 5.75 Å². The van der Waals surface area contributed by atoms with Crippen LogP contribution in [0.4, 0.5) is 5.82 Å². The molecule has 18 heavy (non-hydrogen) atoms. The van der Waals surface area contributed by atoms with Gasteiger partial charge in [0.2, 0.25) is 0 Å². The van der Waals surface area contributed by atoms with Crippen LogP contribution in [0, 0.1) is 0 Å². The van der Waals surface area contributed by atoms with E-state index in [9.17, 15) is 0 Å². The second kappa shape index (κ2) is 4.94. The highest BCUT2D eigenvalue weighted by Gasteiger charge is 2.19. The van der Waals surface area contributed by atoms with Gasteiger partial charge in [-0.1, -0.05) is 6.07 Å². The van der Waals surface area contributed by atoms with E-state index in [0.717, 1.165) is 29.1 Å². The molecule has 0 saturated heterocycles. The molecule has 0 spiro atoms. The van der Waals surface area contributed by atoms with Crippen LogP contribution in [-0.4, -0.2) is 23.1 Å². The van der Waals surface area contributed by atoms with Crippen LogP contribution >= 0.6 is 15.9 Å². The van der Waals surface area contributed by atoms with E-state index in [-0.39, 0.29) is 0 Å². The van der Waals surface area contributed by atoms with Crippen LogP contribution in [0.15, 0.2) is 41.3 Å². The number of hydrogen-bond acceptors (Lipinski definition) is 4. The van der Waals surface area contributed by atoms with Crippen LogP contribution in [0.2, 0.25) is 0 Å². The Morgan fingerprint density at radius 2 is 2.33 bits per heavy atom. The zero-order chi connectivity index (χ0) is 12.4. The summed E-state index contributed by atoms with van der Waals surface area (Å²) in [6, 6.07) is 5.98. The first kappa shape index (κ1) is 11.5. The van der Waals surface area contributed by atoms with Crippen LogP contribution in [0.5, 0.6) is 5.75 Å². The first-order chi connectivity index (χ1) is 8.83. The van der Waals surface area contributed by atoms with Crippen molar-refractivity contribution >= 4 is 21.7 Å². The Kier molecular flexibility index (Phi) is 3.15. The molecule has 0 saturated carbocycles. The second-order valence-corrected chi connectivity index (χ2v) is 5.02. The van der Waals surface area contributed by atoms with Crippen molar-refractivity contribution in [1.82, 2.24) is 9.97 Å². The number of rotatable bonds is 2. The van der Waals surface area contributed by atoms with Gasteiger partial charge in [0.05, 0.1) is 6.54 Å². The van der Waals surface area contributed by atoms with E-state index in [0.29, 0.717) is 6.61 Å². The largest absolute Gasteiger partial charge is 0.488 e. The number of ether oxygens (including phenoxy) is 1. The molecule has 1 aliphatic heterocycles. The average Bonchev–Trinajstić information content (AvgIpc) is 2.40. The minimum atomic E-state index is 0.686. The SMILES string of the molecule is Brc1cnc2c(c1)OCCN2Cc1cccnc1. The minimum Gasteiger partial charge on any atom is -0.488 e. The normalized spacial score (nSPS) is 13.9. The van der Waals surface area contributed by atoms with Crippen molar-refractivity contribution in [2.24, 2.45) is 0 Å². The van der Waals surface area contributed by atoms with E-state index in [4.69, 9.17) is 4.74 Å². The quantitative estimate of drug-likeness (QED) is 0.855. The van der Waals surface area contributed by atoms with Crippen LogP contribution in [0.3, 0.4) is 0 Å². The molecule has 3 heterocycles. The van der Waals surface area contributed by atoms with Gasteiger partial charge >= 0.3 is 0 Å². The van der Waals surface area contributed by atoms with Gasteiger partial charge in [-0.05, 0) is 33.6 Å². The molecule has 0 aliphatic carbocycles. The maximum Gasteiger partial charge on any atom is 0.171 e. The molecule has 0 atom stereocenters. The molecular weight excluding hydrogens is 294 g/mol. The van der Waals surface area contributed by atoms with Crippen molar-refractivity contribution < 1.29 is 4.74 Å². The first-order valence-corrected chi connectivity index (χ1v) is 6.54. The van der Waals surface area contributed by atoms with Gasteiger partial charge in [0.15, 0.2) is 11.6 Å². The summed E-state index contributed by atoms with van der Waals surface area (Å²) < 4.78 is 6.56. The summed E-state index contributed by atoms with van der Waals surface area (Å²) in [6.07, 6.45) is 5.46. The standard InChI is InChI=1S/C13H12BrN3O/c14-11-6-12-13(16-8-11)17(4-5-18-12)9-10-2-1-3-15-7-10/h1-3,6-8H,4-5,9H2. The predicted octanol–water partition coefficient (Wildman–Crippen LogP) is 2.64. The van der Waals surface area contributed by atoms with E-state index in [1.54, 1.807) is 12.4 Å². The highest BCUT2D eigenvalue weighted by molar-refractivity contribution is 9.10. The van der Waals surface area contributed by atoms with Gasteiger partial charge in [-0.25, -0.2) is 4.98 Å². The molecule has 0 unspecified atom stereocenters. The topological polar surface area (TPSA) is 38.2 Å². The lowest BCUT2D eigenvalue weighted by Crippen LogP contribution is -2.33. The van der Waals surface area contributed by atoms with Gasteiger partial charge in [0.1, 0.15) is 6.61 Å². The zero-order valence-corrected chi connectivity index (χ0v) is 11.3. The number of halogens is 1. The van der Waals surface area contributed by atoms with E-state index < -0.39 is 0 Å². The van der Waals surface area contributed by atoms with Crippen LogP contribution < -0.4 is 9.64 Å². The minimum absolute atomic E-state index is 0.686. The van der Waals surface area contributed by atoms with E-state index in [1.807, 2.05) is 18.3 Å². The Labute approximate surface area is 114 Å². The van der Waals surface area contributed by atoms with Crippen molar-refractivity contribution in [3.63, 3.8) is 0 Å². The highest BCUT2D eigenvalue weighted by Crippen LogP contribution is 2.32. The summed E-state index contributed by atoms with van der Waals surface area (Å²) in [7, 11) is 0. The maximum absolute atomic E-state index is 5.62. The second-order valence-electron chi connectivity index (χ2n) is 4.11. The number of pyridine rings is 2. The van der Waals surface area contributed by atoms with Crippen molar-refractivity contribution in [3.05, 3.63) is 46.8 Å². The Hall–Kier alpha value is -1.62. The Morgan fingerprint density at radius 3 is 3.17 bits per heavy atom. The number of anilines is 1. The maximum atomic E-state index is 5.62. The third-order valence-electron chi connectivity index (χ3n) is 2.81. The van der Waals surface area contributed by atoms with E-state index in [1.165, 1.54) is 5.56 Å². The molecule has 3 rings (SSSR count). The lowest BCUT2D eigenvalue weighted by molar-refractivity contribution is 0.304. The summed E-state index contributed by atoms with van der Waals surface area (Å²) in [5.74, 6) is 1.73. The summed E-state index contributed by atoms with van der Waals surface area (Å²) in [4.78, 5) is 10.8. The highest BCUT2D eigenvalue weighted by atomic mass is 79.9. The molecule has 2 aromatic heterocycles. The van der Waals surface area contributed by atoms with Gasteiger partial charge < -0.3 is 9.64 Å². The fourth-order valence-electron chi connectivity index (χ4n) is 1.99. The van der Waals surface area contributed by atoms with Gasteiger partial charge in [-0.2, -0.15) is 0 Å². The molecule has 0 amide bonds. The lowest BCUT2D eigenvalue weighted by atomic mass is 10.2. The molecule has 0 aromatic carbocycles. The number of nitrogens with zero attached hydrogens (tertiary/aromatic N) is 3. The molecule has 5 heteroatoms. The van der Waals surface area contributed by atoms with Crippen molar-refractivity contribution in [2.75, 3.05) is 18.1 Å². The van der Waals surface area contributed by atoms with Gasteiger partial charge in [0.25, 0.3) is 0 Å². The van der Waals surface area contributed by atoms with Crippen LogP contribution in [0.1, 0.15) is 5.56 Å². The molecule has 0 radical (unpaired) electrons. The zero-order valence-electron chi connectivity index (χ0n) is 9.71. The molecule has 0 fully saturated rings. The lowest BCUT2D eigenvalue weighted by Gasteiger charge is -2.30. The van der Waals surface area contributed by atoms with Crippen LogP contribution in [0.25, 0.3) is 0 Å². The molecular formula is C13H12BrN3O. The van der Waals surface area contributed by atoms with Crippen molar-refractivity contribution in [2.45, 2.75) is 6.54 Å².